The summed E-state index contributed by atoms with van der Waals surface area (Å²) in [5.74, 6) is 1.06. The molecule has 32 heavy (non-hydrogen) atoms. The van der Waals surface area contributed by atoms with Gasteiger partial charge in [-0.25, -0.2) is 14.5 Å². The minimum absolute atomic E-state index is 0.00779. The molecule has 1 saturated heterocycles. The fourth-order valence-corrected chi connectivity index (χ4v) is 4.06. The van der Waals surface area contributed by atoms with Gasteiger partial charge >= 0.3 is 6.18 Å². The number of hydrogen-bond donors (Lipinski definition) is 3. The summed E-state index contributed by atoms with van der Waals surface area (Å²) in [5, 5.41) is 10.7. The van der Waals surface area contributed by atoms with Crippen LogP contribution >= 0.6 is 0 Å². The molecule has 0 spiro atoms. The van der Waals surface area contributed by atoms with Gasteiger partial charge in [-0.1, -0.05) is 12.1 Å². The van der Waals surface area contributed by atoms with Crippen LogP contribution in [0.2, 0.25) is 0 Å². The first-order valence-corrected chi connectivity index (χ1v) is 10.3. The molecule has 0 bridgehead atoms. The van der Waals surface area contributed by atoms with Crippen LogP contribution in [-0.2, 0) is 12.7 Å². The van der Waals surface area contributed by atoms with Crippen LogP contribution in [0.15, 0.2) is 30.5 Å². The molecule has 3 N–H and O–H groups in total. The number of para-hydroxylation sites is 2. The summed E-state index contributed by atoms with van der Waals surface area (Å²) in [4.78, 5) is 18.1. The summed E-state index contributed by atoms with van der Waals surface area (Å²) < 4.78 is 41.5. The van der Waals surface area contributed by atoms with Gasteiger partial charge in [0.25, 0.3) is 0 Å². The van der Waals surface area contributed by atoms with E-state index in [9.17, 15) is 13.2 Å². The van der Waals surface area contributed by atoms with Gasteiger partial charge in [0.2, 0.25) is 5.95 Å². The third kappa shape index (κ3) is 3.81. The van der Waals surface area contributed by atoms with E-state index in [1.807, 2.05) is 43.0 Å². The monoisotopic (exact) mass is 445 g/mol. The van der Waals surface area contributed by atoms with Crippen molar-refractivity contribution in [1.29, 1.82) is 0 Å². The first kappa shape index (κ1) is 20.5. The lowest BCUT2D eigenvalue weighted by molar-refractivity contribution is -0.142. The number of benzene rings is 1. The molecule has 1 aliphatic heterocycles. The van der Waals surface area contributed by atoms with E-state index in [-0.39, 0.29) is 36.0 Å². The van der Waals surface area contributed by atoms with E-state index in [1.165, 1.54) is 0 Å². The Balaban J connectivity index is 1.53. The van der Waals surface area contributed by atoms with Crippen LogP contribution in [0.5, 0.6) is 0 Å². The van der Waals surface area contributed by atoms with E-state index in [0.29, 0.717) is 18.9 Å². The number of hydrogen-bond acceptors (Lipinski definition) is 7. The summed E-state index contributed by atoms with van der Waals surface area (Å²) in [6.07, 6.45) is -3.81. The number of nitrogens with zero attached hydrogens (tertiary/aromatic N) is 6. The van der Waals surface area contributed by atoms with Crippen molar-refractivity contribution >= 4 is 28.4 Å². The molecule has 0 amide bonds. The van der Waals surface area contributed by atoms with Crippen LogP contribution in [0, 0.1) is 0 Å². The molecule has 1 aromatic carbocycles. The normalized spacial score (nSPS) is 19.7. The molecular weight excluding hydrogens is 423 g/mol. The van der Waals surface area contributed by atoms with Crippen LogP contribution in [0.3, 0.4) is 0 Å². The van der Waals surface area contributed by atoms with Gasteiger partial charge in [0.1, 0.15) is 5.82 Å². The fourth-order valence-electron chi connectivity index (χ4n) is 4.06. The van der Waals surface area contributed by atoms with Gasteiger partial charge in [0.05, 0.1) is 23.8 Å². The summed E-state index contributed by atoms with van der Waals surface area (Å²) >= 11 is 0. The molecule has 2 unspecified atom stereocenters. The van der Waals surface area contributed by atoms with Crippen LogP contribution in [0.25, 0.3) is 16.7 Å². The number of alkyl halides is 3. The zero-order valence-electron chi connectivity index (χ0n) is 17.5. The number of piperazine rings is 1. The molecule has 168 valence electrons. The summed E-state index contributed by atoms with van der Waals surface area (Å²) in [6.45, 7) is 5.42. The Hall–Kier alpha value is -3.41. The maximum atomic E-state index is 13.6. The molecule has 9 nitrogen and oxygen atoms in total. The Morgan fingerprint density at radius 2 is 1.88 bits per heavy atom. The lowest BCUT2D eigenvalue weighted by Crippen LogP contribution is -2.54. The van der Waals surface area contributed by atoms with E-state index in [2.05, 4.69) is 35.7 Å². The third-order valence-electron chi connectivity index (χ3n) is 5.34. The summed E-state index contributed by atoms with van der Waals surface area (Å²) in [5.41, 5.74) is 0.746. The molecule has 3 aromatic heterocycles. The van der Waals surface area contributed by atoms with Crippen molar-refractivity contribution in [2.75, 3.05) is 23.3 Å². The number of rotatable bonds is 4. The van der Waals surface area contributed by atoms with Crippen LogP contribution in [0.4, 0.5) is 24.9 Å². The highest BCUT2D eigenvalue weighted by Crippen LogP contribution is 2.31. The Labute approximate surface area is 181 Å². The highest BCUT2D eigenvalue weighted by Gasteiger charge is 2.36. The van der Waals surface area contributed by atoms with Gasteiger partial charge in [-0.3, -0.25) is 0 Å². The molecule has 0 aliphatic carbocycles. The molecule has 4 aromatic rings. The molecular formula is C20H22F3N9. The lowest BCUT2D eigenvalue weighted by Gasteiger charge is -2.36. The average molecular weight is 445 g/mol. The van der Waals surface area contributed by atoms with Crippen molar-refractivity contribution in [3.05, 3.63) is 42.0 Å². The lowest BCUT2D eigenvalue weighted by atomic mass is 10.1. The number of nitrogens with one attached hydrogen (secondary N) is 3. The highest BCUT2D eigenvalue weighted by atomic mass is 19.4. The quantitative estimate of drug-likeness (QED) is 0.444. The SMILES string of the molecule is CC1CN(c2nc(NCc3nc4ccccc4[nH]3)c3ncc(C(F)(F)F)n3n2)CC(C)N1. The number of halogens is 3. The van der Waals surface area contributed by atoms with E-state index in [0.717, 1.165) is 21.7 Å². The number of imidazole rings is 2. The molecule has 1 aliphatic rings. The zero-order chi connectivity index (χ0) is 22.5. The smallest absolute Gasteiger partial charge is 0.360 e. The summed E-state index contributed by atoms with van der Waals surface area (Å²) in [6, 6.07) is 7.87. The number of aromatic amines is 1. The average Bonchev–Trinajstić information content (AvgIpc) is 3.34. The number of aromatic nitrogens is 6. The fraction of sp³-hybridized carbons (Fsp3) is 0.400. The molecule has 12 heteroatoms. The van der Waals surface area contributed by atoms with Crippen molar-refractivity contribution in [2.24, 2.45) is 0 Å². The zero-order valence-corrected chi connectivity index (χ0v) is 17.5. The largest absolute Gasteiger partial charge is 0.435 e. The van der Waals surface area contributed by atoms with E-state index in [1.54, 1.807) is 0 Å². The Morgan fingerprint density at radius 3 is 2.59 bits per heavy atom. The van der Waals surface area contributed by atoms with Gasteiger partial charge < -0.3 is 20.5 Å². The minimum atomic E-state index is -4.59. The first-order chi connectivity index (χ1) is 15.3. The predicted octanol–water partition coefficient (Wildman–Crippen LogP) is 2.82. The van der Waals surface area contributed by atoms with Crippen LogP contribution < -0.4 is 15.5 Å². The number of fused-ring (bicyclic) bond motifs is 2. The number of anilines is 2. The minimum Gasteiger partial charge on any atom is -0.360 e. The van der Waals surface area contributed by atoms with Gasteiger partial charge in [0.15, 0.2) is 17.2 Å². The topological polar surface area (TPSA) is 99.1 Å². The second kappa shape index (κ2) is 7.62. The van der Waals surface area contributed by atoms with Crippen molar-refractivity contribution in [1.82, 2.24) is 34.9 Å². The molecule has 4 heterocycles. The van der Waals surface area contributed by atoms with Crippen molar-refractivity contribution in [3.8, 4) is 0 Å². The van der Waals surface area contributed by atoms with E-state index < -0.39 is 11.9 Å². The van der Waals surface area contributed by atoms with Crippen LogP contribution in [0.1, 0.15) is 25.4 Å². The highest BCUT2D eigenvalue weighted by molar-refractivity contribution is 5.75. The van der Waals surface area contributed by atoms with Gasteiger partial charge in [-0.15, -0.1) is 5.10 Å². The second-order valence-electron chi connectivity index (χ2n) is 8.06. The molecule has 1 fully saturated rings. The maximum Gasteiger partial charge on any atom is 0.435 e. The van der Waals surface area contributed by atoms with Gasteiger partial charge in [0, 0.05) is 25.2 Å². The maximum absolute atomic E-state index is 13.6. The Kier molecular flexibility index (Phi) is 4.88. The molecule has 0 radical (unpaired) electrons. The van der Waals surface area contributed by atoms with Gasteiger partial charge in [-0.05, 0) is 26.0 Å². The predicted molar refractivity (Wildman–Crippen MR) is 113 cm³/mol. The van der Waals surface area contributed by atoms with Crippen molar-refractivity contribution < 1.29 is 13.2 Å². The second-order valence-corrected chi connectivity index (χ2v) is 8.06. The number of H-pyrrole nitrogens is 1. The molecule has 2 atom stereocenters. The van der Waals surface area contributed by atoms with Gasteiger partial charge in [-0.2, -0.15) is 18.2 Å². The molecule has 5 rings (SSSR count). The third-order valence-corrected chi connectivity index (χ3v) is 5.34. The standard InChI is InChI=1S/C20H22F3N9/c1-11-9-31(10-12(2)26-11)19-29-17(18-25-7-15(20(21,22)23)32(18)30-19)24-8-16-27-13-5-3-4-6-14(13)28-16/h3-7,11-12,26H,8-10H2,1-2H3,(H,27,28)(H,24,29,30). The first-order valence-electron chi connectivity index (χ1n) is 10.3. The molecule has 0 saturated carbocycles. The van der Waals surface area contributed by atoms with E-state index >= 15 is 0 Å². The van der Waals surface area contributed by atoms with Crippen molar-refractivity contribution in [3.63, 3.8) is 0 Å². The Morgan fingerprint density at radius 1 is 1.12 bits per heavy atom. The summed E-state index contributed by atoms with van der Waals surface area (Å²) in [7, 11) is 0. The van der Waals surface area contributed by atoms with E-state index in [4.69, 9.17) is 0 Å². The van der Waals surface area contributed by atoms with Crippen molar-refractivity contribution in [2.45, 2.75) is 38.7 Å². The van der Waals surface area contributed by atoms with Crippen LogP contribution in [-0.4, -0.2) is 54.7 Å². The Bertz CT molecular complexity index is 1220.